The van der Waals surface area contributed by atoms with Crippen molar-refractivity contribution in [1.29, 1.82) is 5.26 Å². The summed E-state index contributed by atoms with van der Waals surface area (Å²) in [6.45, 7) is 1.93. The molecular formula is C17H16BrN3O2S. The molecule has 2 aromatic rings. The Balaban J connectivity index is 1.75. The van der Waals surface area contributed by atoms with Crippen molar-refractivity contribution in [2.24, 2.45) is 0 Å². The van der Waals surface area contributed by atoms with Crippen molar-refractivity contribution in [1.82, 2.24) is 4.31 Å². The first-order valence-corrected chi connectivity index (χ1v) is 9.75. The lowest BCUT2D eigenvalue weighted by molar-refractivity contribution is 0.385. The highest BCUT2D eigenvalue weighted by molar-refractivity contribution is 9.10. The number of hydrogen-bond donors (Lipinski definition) is 0. The lowest BCUT2D eigenvalue weighted by atomic mass is 10.1. The number of halogens is 1. The van der Waals surface area contributed by atoms with Crippen LogP contribution in [0.5, 0.6) is 0 Å². The topological polar surface area (TPSA) is 64.4 Å². The lowest BCUT2D eigenvalue weighted by Gasteiger charge is -2.35. The first-order valence-electron chi connectivity index (χ1n) is 7.52. The Kier molecular flexibility index (Phi) is 4.90. The smallest absolute Gasteiger partial charge is 0.243 e. The molecule has 0 unspecified atom stereocenters. The summed E-state index contributed by atoms with van der Waals surface area (Å²) in [7, 11) is -3.48. The van der Waals surface area contributed by atoms with E-state index in [9.17, 15) is 13.7 Å². The SMILES string of the molecule is N#Cc1ccccc1N1CCN(S(=O)(=O)c2ccc(Br)cc2)CC1. The second-order valence-electron chi connectivity index (χ2n) is 5.47. The summed E-state index contributed by atoms with van der Waals surface area (Å²) in [5.41, 5.74) is 1.47. The molecule has 1 aliphatic heterocycles. The molecule has 1 fully saturated rings. The van der Waals surface area contributed by atoms with Gasteiger partial charge in [0, 0.05) is 30.7 Å². The second kappa shape index (κ2) is 6.93. The van der Waals surface area contributed by atoms with Crippen LogP contribution in [-0.2, 0) is 10.0 Å². The average Bonchev–Trinajstić information content (AvgIpc) is 2.62. The Labute approximate surface area is 150 Å². The summed E-state index contributed by atoms with van der Waals surface area (Å²) < 4.78 is 27.8. The van der Waals surface area contributed by atoms with Crippen LogP contribution in [0.1, 0.15) is 5.56 Å². The van der Waals surface area contributed by atoms with Crippen molar-refractivity contribution in [3.63, 3.8) is 0 Å². The highest BCUT2D eigenvalue weighted by atomic mass is 79.9. The Morgan fingerprint density at radius 3 is 2.21 bits per heavy atom. The fourth-order valence-corrected chi connectivity index (χ4v) is 4.46. The van der Waals surface area contributed by atoms with E-state index in [0.29, 0.717) is 36.6 Å². The van der Waals surface area contributed by atoms with Gasteiger partial charge in [0.05, 0.1) is 16.1 Å². The molecule has 124 valence electrons. The molecule has 0 bridgehead atoms. The van der Waals surface area contributed by atoms with Crippen LogP contribution in [0.4, 0.5) is 5.69 Å². The van der Waals surface area contributed by atoms with Gasteiger partial charge in [-0.05, 0) is 36.4 Å². The Bertz CT molecular complexity index is 867. The van der Waals surface area contributed by atoms with Crippen molar-refractivity contribution in [2.75, 3.05) is 31.1 Å². The Morgan fingerprint density at radius 1 is 0.958 bits per heavy atom. The zero-order chi connectivity index (χ0) is 17.2. The molecule has 0 aliphatic carbocycles. The maximum Gasteiger partial charge on any atom is 0.243 e. The molecule has 0 N–H and O–H groups in total. The fraction of sp³-hybridized carbons (Fsp3) is 0.235. The molecule has 0 saturated carbocycles. The van der Waals surface area contributed by atoms with Gasteiger partial charge in [-0.15, -0.1) is 0 Å². The molecule has 0 radical (unpaired) electrons. The number of sulfonamides is 1. The molecule has 1 saturated heterocycles. The second-order valence-corrected chi connectivity index (χ2v) is 8.33. The van der Waals surface area contributed by atoms with Crippen LogP contribution in [0.3, 0.4) is 0 Å². The van der Waals surface area contributed by atoms with Crippen LogP contribution < -0.4 is 4.90 Å². The fourth-order valence-electron chi connectivity index (χ4n) is 2.77. The largest absolute Gasteiger partial charge is 0.368 e. The van der Waals surface area contributed by atoms with Crippen molar-refractivity contribution in [3.8, 4) is 6.07 Å². The van der Waals surface area contributed by atoms with Gasteiger partial charge < -0.3 is 4.90 Å². The van der Waals surface area contributed by atoms with Crippen LogP contribution in [0.2, 0.25) is 0 Å². The zero-order valence-electron chi connectivity index (χ0n) is 12.9. The zero-order valence-corrected chi connectivity index (χ0v) is 15.3. The molecule has 3 rings (SSSR count). The summed E-state index contributed by atoms with van der Waals surface area (Å²) in [6, 6.07) is 16.3. The average molecular weight is 406 g/mol. The maximum absolute atomic E-state index is 12.7. The van der Waals surface area contributed by atoms with Gasteiger partial charge in [-0.1, -0.05) is 28.1 Å². The van der Waals surface area contributed by atoms with E-state index in [1.165, 1.54) is 4.31 Å². The van der Waals surface area contributed by atoms with Gasteiger partial charge in [-0.3, -0.25) is 0 Å². The van der Waals surface area contributed by atoms with Gasteiger partial charge in [-0.25, -0.2) is 8.42 Å². The van der Waals surface area contributed by atoms with Gasteiger partial charge in [-0.2, -0.15) is 9.57 Å². The van der Waals surface area contributed by atoms with Crippen molar-refractivity contribution >= 4 is 31.6 Å². The van der Waals surface area contributed by atoms with Crippen LogP contribution in [-0.4, -0.2) is 38.9 Å². The molecule has 1 heterocycles. The van der Waals surface area contributed by atoms with Gasteiger partial charge in [0.15, 0.2) is 0 Å². The minimum Gasteiger partial charge on any atom is -0.368 e. The van der Waals surface area contributed by atoms with Crippen molar-refractivity contribution < 1.29 is 8.42 Å². The number of hydrogen-bond acceptors (Lipinski definition) is 4. The first-order chi connectivity index (χ1) is 11.5. The number of anilines is 1. The highest BCUT2D eigenvalue weighted by Crippen LogP contribution is 2.24. The first kappa shape index (κ1) is 17.0. The van der Waals surface area contributed by atoms with Crippen LogP contribution in [0.15, 0.2) is 57.9 Å². The van der Waals surface area contributed by atoms with E-state index in [1.807, 2.05) is 18.2 Å². The summed E-state index contributed by atoms with van der Waals surface area (Å²) in [5, 5.41) is 9.21. The molecule has 0 atom stereocenters. The van der Waals surface area contributed by atoms with E-state index in [1.54, 1.807) is 30.3 Å². The van der Waals surface area contributed by atoms with Crippen LogP contribution >= 0.6 is 15.9 Å². The van der Waals surface area contributed by atoms with E-state index < -0.39 is 10.0 Å². The van der Waals surface area contributed by atoms with E-state index in [4.69, 9.17) is 0 Å². The molecule has 0 spiro atoms. The van der Waals surface area contributed by atoms with Gasteiger partial charge in [0.25, 0.3) is 0 Å². The standard InChI is InChI=1S/C17H16BrN3O2S/c18-15-5-7-16(8-6-15)24(22,23)21-11-9-20(10-12-21)17-4-2-1-3-14(17)13-19/h1-8H,9-12H2. The predicted molar refractivity (Wildman–Crippen MR) is 96.3 cm³/mol. The third-order valence-corrected chi connectivity index (χ3v) is 6.50. The summed E-state index contributed by atoms with van der Waals surface area (Å²) in [4.78, 5) is 2.36. The van der Waals surface area contributed by atoms with E-state index in [2.05, 4.69) is 26.9 Å². The molecule has 7 heteroatoms. The number of benzene rings is 2. The number of rotatable bonds is 3. The maximum atomic E-state index is 12.7. The number of nitriles is 1. The van der Waals surface area contributed by atoms with Gasteiger partial charge in [0.1, 0.15) is 6.07 Å². The third-order valence-electron chi connectivity index (χ3n) is 4.06. The molecular weight excluding hydrogens is 390 g/mol. The Morgan fingerprint density at radius 2 is 1.58 bits per heavy atom. The quantitative estimate of drug-likeness (QED) is 0.787. The molecule has 0 amide bonds. The van der Waals surface area contributed by atoms with Crippen LogP contribution in [0, 0.1) is 11.3 Å². The minimum atomic E-state index is -3.48. The van der Waals surface area contributed by atoms with E-state index in [-0.39, 0.29) is 0 Å². The van der Waals surface area contributed by atoms with Crippen molar-refractivity contribution in [3.05, 3.63) is 58.6 Å². The normalized spacial score (nSPS) is 15.9. The third kappa shape index (κ3) is 3.31. The number of nitrogens with zero attached hydrogens (tertiary/aromatic N) is 3. The predicted octanol–water partition coefficient (Wildman–Crippen LogP) is 2.83. The Hall–Kier alpha value is -1.88. The summed E-state index contributed by atoms with van der Waals surface area (Å²) in [6.07, 6.45) is 0. The summed E-state index contributed by atoms with van der Waals surface area (Å²) >= 11 is 3.31. The van der Waals surface area contributed by atoms with E-state index in [0.717, 1.165) is 10.2 Å². The number of para-hydroxylation sites is 1. The molecule has 5 nitrogen and oxygen atoms in total. The monoisotopic (exact) mass is 405 g/mol. The van der Waals surface area contributed by atoms with Crippen LogP contribution in [0.25, 0.3) is 0 Å². The summed E-state index contributed by atoms with van der Waals surface area (Å²) in [5.74, 6) is 0. The number of piperazine rings is 1. The minimum absolute atomic E-state index is 0.302. The van der Waals surface area contributed by atoms with Crippen molar-refractivity contribution in [2.45, 2.75) is 4.90 Å². The lowest BCUT2D eigenvalue weighted by Crippen LogP contribution is -2.48. The highest BCUT2D eigenvalue weighted by Gasteiger charge is 2.29. The molecule has 1 aliphatic rings. The molecule has 24 heavy (non-hydrogen) atoms. The molecule has 2 aromatic carbocycles. The van der Waals surface area contributed by atoms with Gasteiger partial charge in [0.2, 0.25) is 10.0 Å². The van der Waals surface area contributed by atoms with E-state index >= 15 is 0 Å². The molecule has 0 aromatic heterocycles. The van der Waals surface area contributed by atoms with Gasteiger partial charge >= 0.3 is 0 Å².